The Morgan fingerprint density at radius 2 is 1.88 bits per heavy atom. The molecule has 1 aliphatic heterocycles. The predicted molar refractivity (Wildman–Crippen MR) is 135 cm³/mol. The maximum atomic E-state index is 13.5. The third kappa shape index (κ3) is 7.21. The van der Waals surface area contributed by atoms with Crippen LogP contribution in [0.5, 0.6) is 5.75 Å². The maximum absolute atomic E-state index is 13.5. The van der Waals surface area contributed by atoms with Crippen molar-refractivity contribution in [2.45, 2.75) is 53.0 Å². The third-order valence-corrected chi connectivity index (χ3v) is 7.12. The van der Waals surface area contributed by atoms with Gasteiger partial charge in [-0.1, -0.05) is 39.3 Å². The predicted octanol–water partition coefficient (Wildman–Crippen LogP) is 5.83. The Morgan fingerprint density at radius 3 is 2.55 bits per heavy atom. The first-order chi connectivity index (χ1) is 15.7. The molecule has 0 saturated carbocycles. The van der Waals surface area contributed by atoms with E-state index >= 15 is 0 Å². The van der Waals surface area contributed by atoms with Gasteiger partial charge in [-0.2, -0.15) is 0 Å². The summed E-state index contributed by atoms with van der Waals surface area (Å²) in [5.41, 5.74) is 1.15. The fourth-order valence-corrected chi connectivity index (χ4v) is 5.07. The zero-order valence-electron chi connectivity index (χ0n) is 20.1. The standard InChI is InChI=1S/C26H35ClN2O3S/c1-18(2)9-12-28(25(30)15-19(3)4)16-26(31)29-13-10-24-22(11-14-33-24)23(29)17-32-21-7-5-20(27)6-8-21/h5-8,11,14,18-19,23H,9-10,12-13,15-17H2,1-4H3/t23-/m1/s1. The number of halogens is 1. The van der Waals surface area contributed by atoms with Crippen LogP contribution < -0.4 is 4.74 Å². The second-order valence-electron chi connectivity index (χ2n) is 9.51. The van der Waals surface area contributed by atoms with E-state index in [0.29, 0.717) is 37.1 Å². The first-order valence-corrected chi connectivity index (χ1v) is 13.0. The van der Waals surface area contributed by atoms with E-state index in [-0.39, 0.29) is 30.3 Å². The van der Waals surface area contributed by atoms with Crippen molar-refractivity contribution in [2.24, 2.45) is 11.8 Å². The normalized spacial score (nSPS) is 15.6. The van der Waals surface area contributed by atoms with Crippen LogP contribution in [0.2, 0.25) is 5.02 Å². The minimum Gasteiger partial charge on any atom is -0.491 e. The summed E-state index contributed by atoms with van der Waals surface area (Å²) in [4.78, 5) is 31.3. The van der Waals surface area contributed by atoms with E-state index in [1.54, 1.807) is 28.4 Å². The van der Waals surface area contributed by atoms with Crippen LogP contribution in [0.1, 0.15) is 57.0 Å². The van der Waals surface area contributed by atoms with Crippen LogP contribution in [0, 0.1) is 11.8 Å². The summed E-state index contributed by atoms with van der Waals surface area (Å²) in [5, 5.41) is 2.74. The van der Waals surface area contributed by atoms with Crippen molar-refractivity contribution >= 4 is 34.8 Å². The lowest BCUT2D eigenvalue weighted by atomic mass is 10.00. The number of benzene rings is 1. The van der Waals surface area contributed by atoms with Gasteiger partial charge >= 0.3 is 0 Å². The van der Waals surface area contributed by atoms with Crippen molar-refractivity contribution in [3.8, 4) is 5.75 Å². The van der Waals surface area contributed by atoms with Gasteiger partial charge in [0, 0.05) is 29.4 Å². The molecule has 0 aliphatic carbocycles. The van der Waals surface area contributed by atoms with E-state index in [0.717, 1.165) is 24.2 Å². The monoisotopic (exact) mass is 490 g/mol. The molecule has 0 radical (unpaired) electrons. The topological polar surface area (TPSA) is 49.9 Å². The summed E-state index contributed by atoms with van der Waals surface area (Å²) in [7, 11) is 0. The number of fused-ring (bicyclic) bond motifs is 1. The average molecular weight is 491 g/mol. The van der Waals surface area contributed by atoms with Crippen LogP contribution in [0.3, 0.4) is 0 Å². The van der Waals surface area contributed by atoms with Crippen LogP contribution in [0.4, 0.5) is 0 Å². The molecular weight excluding hydrogens is 456 g/mol. The van der Waals surface area contributed by atoms with Gasteiger partial charge in [-0.3, -0.25) is 9.59 Å². The Morgan fingerprint density at radius 1 is 1.15 bits per heavy atom. The summed E-state index contributed by atoms with van der Waals surface area (Å²) in [6.45, 7) is 10.1. The molecule has 0 fully saturated rings. The number of amides is 2. The number of carbonyl (C=O) groups excluding carboxylic acids is 2. The van der Waals surface area contributed by atoms with Gasteiger partial charge in [-0.05, 0) is 66.0 Å². The Kier molecular flexibility index (Phi) is 9.21. The molecule has 0 spiro atoms. The molecule has 0 N–H and O–H groups in total. The SMILES string of the molecule is CC(C)CCN(CC(=O)N1CCc2sccc2[C@H]1COc1ccc(Cl)cc1)C(=O)CC(C)C. The zero-order chi connectivity index (χ0) is 24.0. The molecule has 1 aromatic heterocycles. The van der Waals surface area contributed by atoms with E-state index in [1.807, 2.05) is 30.9 Å². The van der Waals surface area contributed by atoms with Gasteiger partial charge in [-0.25, -0.2) is 0 Å². The lowest BCUT2D eigenvalue weighted by molar-refractivity contribution is -0.143. The number of hydrogen-bond acceptors (Lipinski definition) is 4. The molecule has 5 nitrogen and oxygen atoms in total. The average Bonchev–Trinajstić information content (AvgIpc) is 3.24. The second kappa shape index (κ2) is 11.9. The Hall–Kier alpha value is -2.05. The highest BCUT2D eigenvalue weighted by atomic mass is 35.5. The van der Waals surface area contributed by atoms with Crippen molar-refractivity contribution in [2.75, 3.05) is 26.2 Å². The summed E-state index contributed by atoms with van der Waals surface area (Å²) in [6.07, 6.45) is 2.18. The van der Waals surface area contributed by atoms with Crippen LogP contribution in [-0.4, -0.2) is 47.9 Å². The summed E-state index contributed by atoms with van der Waals surface area (Å²) < 4.78 is 6.06. The van der Waals surface area contributed by atoms with Crippen LogP contribution in [-0.2, 0) is 16.0 Å². The highest BCUT2D eigenvalue weighted by molar-refractivity contribution is 7.10. The Labute approximate surface area is 206 Å². The van der Waals surface area contributed by atoms with Gasteiger partial charge in [0.25, 0.3) is 0 Å². The molecule has 1 atom stereocenters. The first kappa shape index (κ1) is 25.6. The number of rotatable bonds is 10. The lowest BCUT2D eigenvalue weighted by Crippen LogP contribution is -2.48. The van der Waals surface area contributed by atoms with Crippen LogP contribution in [0.25, 0.3) is 0 Å². The van der Waals surface area contributed by atoms with E-state index in [1.165, 1.54) is 4.88 Å². The van der Waals surface area contributed by atoms with Crippen molar-refractivity contribution in [1.82, 2.24) is 9.80 Å². The van der Waals surface area contributed by atoms with Crippen molar-refractivity contribution in [3.05, 3.63) is 51.2 Å². The van der Waals surface area contributed by atoms with E-state index in [9.17, 15) is 9.59 Å². The molecule has 0 unspecified atom stereocenters. The minimum atomic E-state index is -0.171. The van der Waals surface area contributed by atoms with E-state index in [2.05, 4.69) is 25.3 Å². The van der Waals surface area contributed by atoms with Crippen molar-refractivity contribution in [3.63, 3.8) is 0 Å². The molecule has 0 bridgehead atoms. The van der Waals surface area contributed by atoms with Crippen molar-refractivity contribution < 1.29 is 14.3 Å². The maximum Gasteiger partial charge on any atom is 0.242 e. The molecule has 1 aromatic carbocycles. The molecular formula is C26H35ClN2O3S. The smallest absolute Gasteiger partial charge is 0.242 e. The highest BCUT2D eigenvalue weighted by Crippen LogP contribution is 2.34. The quantitative estimate of drug-likeness (QED) is 0.421. The number of nitrogens with zero attached hydrogens (tertiary/aromatic N) is 2. The molecule has 7 heteroatoms. The molecule has 0 saturated heterocycles. The second-order valence-corrected chi connectivity index (χ2v) is 10.9. The summed E-state index contributed by atoms with van der Waals surface area (Å²) in [5.74, 6) is 1.50. The van der Waals surface area contributed by atoms with Crippen LogP contribution in [0.15, 0.2) is 35.7 Å². The van der Waals surface area contributed by atoms with E-state index < -0.39 is 0 Å². The Bertz CT molecular complexity index is 926. The van der Waals surface area contributed by atoms with Gasteiger partial charge in [0.1, 0.15) is 12.4 Å². The number of hydrogen-bond donors (Lipinski definition) is 0. The van der Waals surface area contributed by atoms with Gasteiger partial charge in [0.05, 0.1) is 12.6 Å². The molecule has 180 valence electrons. The molecule has 33 heavy (non-hydrogen) atoms. The largest absolute Gasteiger partial charge is 0.491 e. The van der Waals surface area contributed by atoms with Gasteiger partial charge < -0.3 is 14.5 Å². The number of thiophene rings is 1. The summed E-state index contributed by atoms with van der Waals surface area (Å²) in [6, 6.07) is 9.19. The fourth-order valence-electron chi connectivity index (χ4n) is 4.02. The molecule has 1 aliphatic rings. The molecule has 3 rings (SSSR count). The van der Waals surface area contributed by atoms with Crippen LogP contribution >= 0.6 is 22.9 Å². The van der Waals surface area contributed by atoms with Crippen molar-refractivity contribution in [1.29, 1.82) is 0 Å². The molecule has 2 heterocycles. The highest BCUT2D eigenvalue weighted by Gasteiger charge is 2.33. The lowest BCUT2D eigenvalue weighted by Gasteiger charge is -2.37. The van der Waals surface area contributed by atoms with Gasteiger partial charge in [-0.15, -0.1) is 11.3 Å². The third-order valence-electron chi connectivity index (χ3n) is 5.87. The van der Waals surface area contributed by atoms with Gasteiger partial charge in [0.2, 0.25) is 11.8 Å². The Balaban J connectivity index is 1.74. The number of carbonyl (C=O) groups is 2. The molecule has 2 aromatic rings. The van der Waals surface area contributed by atoms with E-state index in [4.69, 9.17) is 16.3 Å². The number of ether oxygens (including phenoxy) is 1. The van der Waals surface area contributed by atoms with Gasteiger partial charge in [0.15, 0.2) is 0 Å². The fraction of sp³-hybridized carbons (Fsp3) is 0.538. The zero-order valence-corrected chi connectivity index (χ0v) is 21.6. The summed E-state index contributed by atoms with van der Waals surface area (Å²) >= 11 is 7.72. The molecule has 2 amide bonds. The first-order valence-electron chi connectivity index (χ1n) is 11.8. The minimum absolute atomic E-state index is 0.0163.